The van der Waals surface area contributed by atoms with Gasteiger partial charge in [0.25, 0.3) is 11.2 Å². The van der Waals surface area contributed by atoms with Gasteiger partial charge in [-0.2, -0.15) is 4.98 Å². The maximum atomic E-state index is 12.4. The molecule has 2 heterocycles. The predicted molar refractivity (Wildman–Crippen MR) is 102 cm³/mol. The average Bonchev–Trinajstić information content (AvgIpc) is 2.62. The Morgan fingerprint density at radius 1 is 1.31 bits per heavy atom. The fourth-order valence-corrected chi connectivity index (χ4v) is 4.26. The highest BCUT2D eigenvalue weighted by Crippen LogP contribution is 2.32. The second kappa shape index (κ2) is 8.07. The zero-order chi connectivity index (χ0) is 18.7. The second-order valence-electron chi connectivity index (χ2n) is 6.39. The van der Waals surface area contributed by atoms with E-state index in [9.17, 15) is 14.9 Å². The summed E-state index contributed by atoms with van der Waals surface area (Å²) in [6.07, 6.45) is 0.990. The molecule has 9 heteroatoms. The number of nitro benzene ring substituents is 1. The number of ether oxygens (including phenoxy) is 1. The minimum atomic E-state index is -0.428. The van der Waals surface area contributed by atoms with Gasteiger partial charge in [0.2, 0.25) is 0 Å². The Bertz CT molecular complexity index is 862. The van der Waals surface area contributed by atoms with Gasteiger partial charge in [-0.05, 0) is 25.0 Å². The molecular weight excluding hydrogens is 356 g/mol. The van der Waals surface area contributed by atoms with Crippen molar-refractivity contribution in [3.05, 3.63) is 38.2 Å². The van der Waals surface area contributed by atoms with Crippen LogP contribution < -0.4 is 10.5 Å². The summed E-state index contributed by atoms with van der Waals surface area (Å²) in [4.78, 5) is 32.0. The zero-order valence-corrected chi connectivity index (χ0v) is 15.8. The number of fused-ring (bicyclic) bond motifs is 1. The molecule has 0 unspecified atom stereocenters. The molecule has 8 nitrogen and oxygen atoms in total. The molecule has 0 atom stereocenters. The van der Waals surface area contributed by atoms with Crippen LogP contribution in [0.5, 0.6) is 0 Å². The standard InChI is InChI=1S/C17H22N4O4S/c1-12-10-13-15(14(11-12)21(23)24)26-17(18-16(13)22)20-7-5-19(6-8-20)4-3-9-25-2/h10-11H,3-9H2,1-2H3. The number of hydrogen-bond donors (Lipinski definition) is 0. The smallest absolute Gasteiger partial charge is 0.287 e. The van der Waals surface area contributed by atoms with E-state index < -0.39 is 10.5 Å². The molecule has 140 valence electrons. The molecule has 0 spiro atoms. The van der Waals surface area contributed by atoms with Gasteiger partial charge in [-0.15, -0.1) is 0 Å². The molecular formula is C17H22N4O4S. The van der Waals surface area contributed by atoms with Gasteiger partial charge in [0.1, 0.15) is 4.70 Å². The van der Waals surface area contributed by atoms with Gasteiger partial charge in [-0.25, -0.2) is 0 Å². The van der Waals surface area contributed by atoms with E-state index in [0.29, 0.717) is 20.8 Å². The Hall–Kier alpha value is -2.10. The summed E-state index contributed by atoms with van der Waals surface area (Å²) in [7, 11) is 1.70. The molecule has 0 radical (unpaired) electrons. The summed E-state index contributed by atoms with van der Waals surface area (Å²) < 4.78 is 5.48. The van der Waals surface area contributed by atoms with Crippen molar-refractivity contribution in [2.24, 2.45) is 0 Å². The predicted octanol–water partition coefficient (Wildman–Crippen LogP) is 2.03. The Kier molecular flexibility index (Phi) is 5.80. The third-order valence-corrected chi connectivity index (χ3v) is 5.66. The summed E-state index contributed by atoms with van der Waals surface area (Å²) >= 11 is 1.23. The second-order valence-corrected chi connectivity index (χ2v) is 7.37. The molecule has 0 amide bonds. The summed E-state index contributed by atoms with van der Waals surface area (Å²) in [6, 6.07) is 3.18. The number of nitrogens with zero attached hydrogens (tertiary/aromatic N) is 4. The molecule has 1 aliphatic heterocycles. The van der Waals surface area contributed by atoms with Crippen LogP contribution in [0.25, 0.3) is 10.1 Å². The quantitative estimate of drug-likeness (QED) is 0.432. The van der Waals surface area contributed by atoms with E-state index in [1.54, 1.807) is 20.1 Å². The third-order valence-electron chi connectivity index (χ3n) is 4.50. The molecule has 0 saturated carbocycles. The van der Waals surface area contributed by atoms with Crippen molar-refractivity contribution >= 4 is 32.2 Å². The Morgan fingerprint density at radius 3 is 2.69 bits per heavy atom. The third kappa shape index (κ3) is 4.00. The van der Waals surface area contributed by atoms with Crippen molar-refractivity contribution < 1.29 is 9.66 Å². The molecule has 1 aromatic carbocycles. The maximum absolute atomic E-state index is 12.4. The fourth-order valence-electron chi connectivity index (χ4n) is 3.15. The van der Waals surface area contributed by atoms with E-state index in [-0.39, 0.29) is 5.69 Å². The van der Waals surface area contributed by atoms with Gasteiger partial charge in [0.05, 0.1) is 10.3 Å². The van der Waals surface area contributed by atoms with E-state index in [4.69, 9.17) is 4.74 Å². The summed E-state index contributed by atoms with van der Waals surface area (Å²) in [6.45, 7) is 6.72. The first-order valence-corrected chi connectivity index (χ1v) is 9.37. The lowest BCUT2D eigenvalue weighted by Gasteiger charge is -2.34. The van der Waals surface area contributed by atoms with Gasteiger partial charge in [-0.1, -0.05) is 11.3 Å². The van der Waals surface area contributed by atoms with Crippen molar-refractivity contribution in [1.29, 1.82) is 0 Å². The van der Waals surface area contributed by atoms with Crippen LogP contribution in [0.4, 0.5) is 10.8 Å². The Labute approximate surface area is 155 Å². The number of methoxy groups -OCH3 is 1. The van der Waals surface area contributed by atoms with Gasteiger partial charge in [0, 0.05) is 52.5 Å². The van der Waals surface area contributed by atoms with E-state index in [1.807, 2.05) is 4.90 Å². The molecule has 26 heavy (non-hydrogen) atoms. The molecule has 0 N–H and O–H groups in total. The number of anilines is 1. The Morgan fingerprint density at radius 2 is 2.04 bits per heavy atom. The molecule has 1 aromatic heterocycles. The monoisotopic (exact) mass is 378 g/mol. The number of aromatic nitrogens is 1. The lowest BCUT2D eigenvalue weighted by Crippen LogP contribution is -2.47. The topological polar surface area (TPSA) is 88.8 Å². The first-order chi connectivity index (χ1) is 12.5. The van der Waals surface area contributed by atoms with Crippen LogP contribution in [0.3, 0.4) is 0 Å². The van der Waals surface area contributed by atoms with Crippen LogP contribution in [-0.4, -0.2) is 61.2 Å². The van der Waals surface area contributed by atoms with Gasteiger partial charge < -0.3 is 9.64 Å². The number of nitro groups is 1. The number of rotatable bonds is 6. The van der Waals surface area contributed by atoms with Crippen molar-refractivity contribution in [2.45, 2.75) is 13.3 Å². The van der Waals surface area contributed by atoms with Gasteiger partial charge in [0.15, 0.2) is 5.13 Å². The number of hydrogen-bond acceptors (Lipinski definition) is 8. The highest BCUT2D eigenvalue weighted by molar-refractivity contribution is 7.22. The van der Waals surface area contributed by atoms with E-state index in [0.717, 1.165) is 45.8 Å². The minimum Gasteiger partial charge on any atom is -0.385 e. The van der Waals surface area contributed by atoms with Crippen LogP contribution in [-0.2, 0) is 4.74 Å². The SMILES string of the molecule is COCCCN1CCN(c2nc(=O)c3cc(C)cc([N+](=O)[O-])c3s2)CC1. The minimum absolute atomic E-state index is 0.0241. The molecule has 1 fully saturated rings. The first kappa shape index (κ1) is 18.7. The lowest BCUT2D eigenvalue weighted by molar-refractivity contribution is -0.382. The highest BCUT2D eigenvalue weighted by Gasteiger charge is 2.22. The van der Waals surface area contributed by atoms with Gasteiger partial charge in [-0.3, -0.25) is 19.8 Å². The molecule has 0 aliphatic carbocycles. The lowest BCUT2D eigenvalue weighted by atomic mass is 10.1. The van der Waals surface area contributed by atoms with E-state index in [2.05, 4.69) is 9.88 Å². The first-order valence-electron chi connectivity index (χ1n) is 8.55. The summed E-state index contributed by atoms with van der Waals surface area (Å²) in [5.74, 6) is 0. The molecule has 1 saturated heterocycles. The van der Waals surface area contributed by atoms with Crippen molar-refractivity contribution in [2.75, 3.05) is 51.3 Å². The Balaban J connectivity index is 1.83. The number of piperazine rings is 1. The van der Waals surface area contributed by atoms with Crippen LogP contribution >= 0.6 is 11.3 Å². The van der Waals surface area contributed by atoms with Crippen molar-refractivity contribution in [3.8, 4) is 0 Å². The van der Waals surface area contributed by atoms with Crippen LogP contribution in [0.2, 0.25) is 0 Å². The average molecular weight is 378 g/mol. The number of non-ortho nitro benzene ring substituents is 1. The van der Waals surface area contributed by atoms with E-state index >= 15 is 0 Å². The maximum Gasteiger partial charge on any atom is 0.287 e. The molecule has 0 bridgehead atoms. The normalized spacial score (nSPS) is 15.5. The highest BCUT2D eigenvalue weighted by atomic mass is 32.1. The molecule has 2 aromatic rings. The van der Waals surface area contributed by atoms with E-state index in [1.165, 1.54) is 17.4 Å². The number of benzene rings is 1. The molecule has 1 aliphatic rings. The van der Waals surface area contributed by atoms with Crippen molar-refractivity contribution in [1.82, 2.24) is 9.88 Å². The summed E-state index contributed by atoms with van der Waals surface area (Å²) in [5, 5.41) is 12.3. The van der Waals surface area contributed by atoms with Crippen LogP contribution in [0, 0.1) is 17.0 Å². The van der Waals surface area contributed by atoms with Crippen molar-refractivity contribution in [3.63, 3.8) is 0 Å². The number of aryl methyl sites for hydroxylation is 1. The largest absolute Gasteiger partial charge is 0.385 e. The van der Waals surface area contributed by atoms with Crippen LogP contribution in [0.1, 0.15) is 12.0 Å². The molecule has 3 rings (SSSR count). The fraction of sp³-hybridized carbons (Fsp3) is 0.529. The zero-order valence-electron chi connectivity index (χ0n) is 14.9. The summed E-state index contributed by atoms with van der Waals surface area (Å²) in [5.41, 5.74) is 0.264. The van der Waals surface area contributed by atoms with Crippen LogP contribution in [0.15, 0.2) is 16.9 Å². The van der Waals surface area contributed by atoms with Gasteiger partial charge >= 0.3 is 0 Å².